The minimum atomic E-state index is -0.0469. The molecule has 0 aromatic rings. The molecular formula is C13H24N2O. The molecule has 2 rings (SSSR count). The Bertz CT molecular complexity index is 248. The van der Waals surface area contributed by atoms with Gasteiger partial charge in [-0.3, -0.25) is 4.90 Å². The third-order valence-corrected chi connectivity index (χ3v) is 4.31. The van der Waals surface area contributed by atoms with E-state index in [-0.39, 0.29) is 6.10 Å². The Hall–Kier alpha value is -0.410. The normalized spacial score (nSPS) is 40.2. The number of hydrogen-bond donors (Lipinski definition) is 1. The molecule has 2 aliphatic rings. The average Bonchev–Trinajstić information content (AvgIpc) is 2.25. The van der Waals surface area contributed by atoms with Gasteiger partial charge in [-0.2, -0.15) is 0 Å². The Kier molecular flexibility index (Phi) is 3.98. The van der Waals surface area contributed by atoms with Crippen molar-refractivity contribution in [2.75, 3.05) is 14.1 Å². The lowest BCUT2D eigenvalue weighted by Crippen LogP contribution is -2.52. The molecule has 0 saturated heterocycles. The Balaban J connectivity index is 1.94. The first-order valence-corrected chi connectivity index (χ1v) is 6.54. The summed E-state index contributed by atoms with van der Waals surface area (Å²) < 4.78 is 0. The number of nitrogens with zero attached hydrogens (tertiary/aromatic N) is 2. The van der Waals surface area contributed by atoms with Crippen LogP contribution < -0.4 is 0 Å². The smallest absolute Gasteiger partial charge is 0.0570 e. The van der Waals surface area contributed by atoms with Crippen LogP contribution in [0.3, 0.4) is 0 Å². The van der Waals surface area contributed by atoms with Crippen LogP contribution in [0, 0.1) is 5.92 Å². The van der Waals surface area contributed by atoms with Crippen molar-refractivity contribution in [3.8, 4) is 0 Å². The molecule has 2 saturated carbocycles. The molecule has 0 bridgehead atoms. The largest absolute Gasteiger partial charge is 0.393 e. The molecule has 3 heteroatoms. The zero-order valence-electron chi connectivity index (χ0n) is 10.5. The van der Waals surface area contributed by atoms with Gasteiger partial charge >= 0.3 is 0 Å². The van der Waals surface area contributed by atoms with E-state index in [0.717, 1.165) is 12.8 Å². The van der Waals surface area contributed by atoms with Crippen molar-refractivity contribution in [2.24, 2.45) is 10.9 Å². The molecule has 0 aromatic heterocycles. The topological polar surface area (TPSA) is 35.8 Å². The van der Waals surface area contributed by atoms with E-state index in [1.165, 1.54) is 25.7 Å². The average molecular weight is 224 g/mol. The zero-order chi connectivity index (χ0) is 11.5. The predicted octanol–water partition coefficient (Wildman–Crippen LogP) is 1.70. The lowest BCUT2D eigenvalue weighted by molar-refractivity contribution is -0.0160. The summed E-state index contributed by atoms with van der Waals surface area (Å²) in [5.41, 5.74) is 0. The van der Waals surface area contributed by atoms with Gasteiger partial charge in [-0.1, -0.05) is 12.8 Å². The first-order chi connectivity index (χ1) is 7.72. The first-order valence-electron chi connectivity index (χ1n) is 6.54. The van der Waals surface area contributed by atoms with Crippen molar-refractivity contribution in [2.45, 2.75) is 56.7 Å². The van der Waals surface area contributed by atoms with E-state index in [1.807, 2.05) is 7.05 Å². The number of aliphatic hydroxyl groups is 1. The van der Waals surface area contributed by atoms with Gasteiger partial charge < -0.3 is 10.1 Å². The number of aliphatic imine (C=N–C) groups is 1. The van der Waals surface area contributed by atoms with Gasteiger partial charge in [0.1, 0.15) is 0 Å². The van der Waals surface area contributed by atoms with Gasteiger partial charge in [-0.25, -0.2) is 0 Å². The van der Waals surface area contributed by atoms with Crippen molar-refractivity contribution in [3.63, 3.8) is 0 Å². The summed E-state index contributed by atoms with van der Waals surface area (Å²) in [6.07, 6.45) is 9.27. The highest BCUT2D eigenvalue weighted by Crippen LogP contribution is 2.33. The van der Waals surface area contributed by atoms with E-state index in [2.05, 4.69) is 23.2 Å². The summed E-state index contributed by atoms with van der Waals surface area (Å²) in [5.74, 6) is 0.626. The van der Waals surface area contributed by atoms with Crippen LogP contribution in [0.4, 0.5) is 0 Å². The van der Waals surface area contributed by atoms with Crippen LogP contribution in [0.1, 0.15) is 38.5 Å². The van der Waals surface area contributed by atoms with E-state index < -0.39 is 0 Å². The molecule has 92 valence electrons. The quantitative estimate of drug-likeness (QED) is 0.741. The molecule has 0 amide bonds. The fourth-order valence-corrected chi connectivity index (χ4v) is 3.17. The van der Waals surface area contributed by atoms with Crippen molar-refractivity contribution in [3.05, 3.63) is 0 Å². The van der Waals surface area contributed by atoms with Crippen molar-refractivity contribution in [1.29, 1.82) is 0 Å². The molecule has 0 radical (unpaired) electrons. The monoisotopic (exact) mass is 224 g/mol. The van der Waals surface area contributed by atoms with Gasteiger partial charge in [0.15, 0.2) is 0 Å². The van der Waals surface area contributed by atoms with Crippen molar-refractivity contribution in [1.82, 2.24) is 4.90 Å². The van der Waals surface area contributed by atoms with Gasteiger partial charge in [-0.15, -0.1) is 0 Å². The minimum Gasteiger partial charge on any atom is -0.393 e. The van der Waals surface area contributed by atoms with Crippen LogP contribution in [0.25, 0.3) is 0 Å². The van der Waals surface area contributed by atoms with Crippen molar-refractivity contribution < 1.29 is 5.11 Å². The van der Waals surface area contributed by atoms with Gasteiger partial charge in [0, 0.05) is 31.3 Å². The van der Waals surface area contributed by atoms with Gasteiger partial charge in [-0.05, 0) is 32.7 Å². The zero-order valence-corrected chi connectivity index (χ0v) is 10.5. The van der Waals surface area contributed by atoms with E-state index >= 15 is 0 Å². The maximum atomic E-state index is 9.38. The highest BCUT2D eigenvalue weighted by atomic mass is 16.3. The Morgan fingerprint density at radius 1 is 1.25 bits per heavy atom. The standard InChI is InChI=1S/C13H24N2O/c1-14-9-10-5-3-4-6-13(10)15(2)11-7-12(16)8-11/h9-13,16H,3-8H2,1-2H3/t10?,11?,12?,13-/m0/s1. The molecule has 0 aromatic carbocycles. The molecule has 2 fully saturated rings. The lowest BCUT2D eigenvalue weighted by atomic mass is 9.80. The molecule has 2 aliphatic carbocycles. The van der Waals surface area contributed by atoms with E-state index in [9.17, 15) is 5.11 Å². The number of rotatable bonds is 3. The van der Waals surface area contributed by atoms with Gasteiger partial charge in [0.2, 0.25) is 0 Å². The molecule has 2 atom stereocenters. The van der Waals surface area contributed by atoms with Gasteiger partial charge in [0.25, 0.3) is 0 Å². The Labute approximate surface area is 98.6 Å². The van der Waals surface area contributed by atoms with E-state index in [0.29, 0.717) is 18.0 Å². The van der Waals surface area contributed by atoms with Crippen LogP contribution in [-0.4, -0.2) is 48.5 Å². The van der Waals surface area contributed by atoms with Crippen LogP contribution in [-0.2, 0) is 0 Å². The first kappa shape index (κ1) is 12.1. The molecule has 0 aliphatic heterocycles. The maximum Gasteiger partial charge on any atom is 0.0570 e. The molecular weight excluding hydrogens is 200 g/mol. The molecule has 0 spiro atoms. The third kappa shape index (κ3) is 2.46. The predicted molar refractivity (Wildman–Crippen MR) is 67.0 cm³/mol. The Morgan fingerprint density at radius 3 is 2.56 bits per heavy atom. The second kappa shape index (κ2) is 5.28. The maximum absolute atomic E-state index is 9.38. The molecule has 3 nitrogen and oxygen atoms in total. The summed E-state index contributed by atoms with van der Waals surface area (Å²) >= 11 is 0. The molecule has 1 N–H and O–H groups in total. The number of aliphatic hydroxyl groups excluding tert-OH is 1. The minimum absolute atomic E-state index is 0.0469. The third-order valence-electron chi connectivity index (χ3n) is 4.31. The lowest BCUT2D eigenvalue weighted by Gasteiger charge is -2.46. The van der Waals surface area contributed by atoms with Crippen LogP contribution in [0.2, 0.25) is 0 Å². The number of hydrogen-bond acceptors (Lipinski definition) is 3. The second-order valence-corrected chi connectivity index (χ2v) is 5.37. The SMILES string of the molecule is CN=CC1CCCC[C@@H]1N(C)C1CC(O)C1. The molecule has 16 heavy (non-hydrogen) atoms. The molecule has 1 unspecified atom stereocenters. The van der Waals surface area contributed by atoms with E-state index in [1.54, 1.807) is 0 Å². The summed E-state index contributed by atoms with van der Waals surface area (Å²) in [7, 11) is 4.10. The molecule has 0 heterocycles. The Morgan fingerprint density at radius 2 is 1.94 bits per heavy atom. The summed E-state index contributed by atoms with van der Waals surface area (Å²) in [6, 6.07) is 1.25. The van der Waals surface area contributed by atoms with Crippen LogP contribution >= 0.6 is 0 Å². The summed E-state index contributed by atoms with van der Waals surface area (Å²) in [6.45, 7) is 0. The summed E-state index contributed by atoms with van der Waals surface area (Å²) in [5, 5.41) is 9.38. The second-order valence-electron chi connectivity index (χ2n) is 5.37. The summed E-state index contributed by atoms with van der Waals surface area (Å²) in [4.78, 5) is 6.71. The fraction of sp³-hybridized carbons (Fsp3) is 0.923. The highest BCUT2D eigenvalue weighted by Gasteiger charge is 2.36. The van der Waals surface area contributed by atoms with Crippen molar-refractivity contribution >= 4 is 6.21 Å². The van der Waals surface area contributed by atoms with Crippen LogP contribution in [0.5, 0.6) is 0 Å². The van der Waals surface area contributed by atoms with Gasteiger partial charge in [0.05, 0.1) is 6.10 Å². The van der Waals surface area contributed by atoms with Crippen LogP contribution in [0.15, 0.2) is 4.99 Å². The van der Waals surface area contributed by atoms with E-state index in [4.69, 9.17) is 0 Å². The highest BCUT2D eigenvalue weighted by molar-refractivity contribution is 5.61. The fourth-order valence-electron chi connectivity index (χ4n) is 3.17.